The molecule has 35 heavy (non-hydrogen) atoms. The molecule has 3 N–H and O–H groups in total. The highest BCUT2D eigenvalue weighted by molar-refractivity contribution is 7.22. The third kappa shape index (κ3) is 5.97. The number of hydrogen-bond donors (Lipinski definition) is 3. The van der Waals surface area contributed by atoms with Crippen LogP contribution in [-0.2, 0) is 11.8 Å². The van der Waals surface area contributed by atoms with Gasteiger partial charge in [0.25, 0.3) is 0 Å². The summed E-state index contributed by atoms with van der Waals surface area (Å²) < 4.78 is 1.16. The molecule has 182 valence electrons. The highest BCUT2D eigenvalue weighted by Crippen LogP contribution is 2.32. The van der Waals surface area contributed by atoms with Gasteiger partial charge in [0.15, 0.2) is 5.13 Å². The summed E-state index contributed by atoms with van der Waals surface area (Å²) in [6.07, 6.45) is 4.01. The van der Waals surface area contributed by atoms with Crippen LogP contribution in [0.5, 0.6) is 0 Å². The smallest absolute Gasteiger partial charge is 0.225 e. The van der Waals surface area contributed by atoms with E-state index in [1.807, 2.05) is 12.1 Å². The second kappa shape index (κ2) is 9.91. The topological polar surface area (TPSA) is 83.0 Å². The van der Waals surface area contributed by atoms with Crippen LogP contribution < -0.4 is 10.6 Å². The van der Waals surface area contributed by atoms with Crippen molar-refractivity contribution in [3.8, 4) is 0 Å². The van der Waals surface area contributed by atoms with Crippen LogP contribution in [0.3, 0.4) is 0 Å². The molecule has 1 saturated carbocycles. The van der Waals surface area contributed by atoms with Crippen molar-refractivity contribution in [3.63, 3.8) is 0 Å². The number of fused-ring (bicyclic) bond motifs is 1. The van der Waals surface area contributed by atoms with E-state index < -0.39 is 0 Å². The minimum Gasteiger partial charge on any atom is -0.393 e. The fourth-order valence-electron chi connectivity index (χ4n) is 4.48. The van der Waals surface area contributed by atoms with E-state index in [2.05, 4.69) is 73.9 Å². The first-order valence-electron chi connectivity index (χ1n) is 12.4. The van der Waals surface area contributed by atoms with Crippen molar-refractivity contribution in [2.24, 2.45) is 0 Å². The number of nitrogens with one attached hydrogen (secondary N) is 2. The molecule has 2 aromatic heterocycles. The molecule has 1 fully saturated rings. The first kappa shape index (κ1) is 23.7. The van der Waals surface area contributed by atoms with E-state index in [0.29, 0.717) is 5.95 Å². The number of thiazole rings is 1. The van der Waals surface area contributed by atoms with E-state index in [9.17, 15) is 5.11 Å². The number of rotatable bonds is 6. The highest BCUT2D eigenvalue weighted by atomic mass is 32.1. The van der Waals surface area contributed by atoms with Crippen LogP contribution in [-0.4, -0.2) is 32.2 Å². The lowest BCUT2D eigenvalue weighted by Crippen LogP contribution is -2.29. The van der Waals surface area contributed by atoms with Crippen LogP contribution in [0.2, 0.25) is 0 Å². The first-order valence-corrected chi connectivity index (χ1v) is 13.2. The number of aliphatic hydroxyl groups excluding tert-OH is 1. The maximum absolute atomic E-state index is 9.86. The predicted molar refractivity (Wildman–Crippen MR) is 145 cm³/mol. The quantitative estimate of drug-likeness (QED) is 0.291. The van der Waals surface area contributed by atoms with Crippen molar-refractivity contribution < 1.29 is 5.11 Å². The molecule has 7 heteroatoms. The maximum Gasteiger partial charge on any atom is 0.225 e. The van der Waals surface area contributed by atoms with E-state index in [1.165, 1.54) is 11.1 Å². The van der Waals surface area contributed by atoms with Crippen molar-refractivity contribution in [3.05, 3.63) is 71.4 Å². The second-order valence-corrected chi connectivity index (χ2v) is 11.5. The molecule has 1 aliphatic rings. The summed E-state index contributed by atoms with van der Waals surface area (Å²) >= 11 is 1.64. The SMILES string of the molecule is CC(C)(C)c1ccc2nc(Nc3cc(Cc4ccccc4)nc(NC4CCC(O)CC4)n3)sc2c1. The summed E-state index contributed by atoms with van der Waals surface area (Å²) in [4.78, 5) is 14.4. The number of hydrogen-bond acceptors (Lipinski definition) is 7. The highest BCUT2D eigenvalue weighted by Gasteiger charge is 2.21. The molecule has 0 radical (unpaired) electrons. The van der Waals surface area contributed by atoms with Crippen LogP contribution >= 0.6 is 11.3 Å². The van der Waals surface area contributed by atoms with Crippen molar-refractivity contribution in [1.82, 2.24) is 15.0 Å². The Bertz CT molecular complexity index is 1290. The number of anilines is 3. The van der Waals surface area contributed by atoms with E-state index in [0.717, 1.165) is 59.0 Å². The molecule has 1 aliphatic carbocycles. The third-order valence-corrected chi connectivity index (χ3v) is 7.46. The number of aromatic nitrogens is 3. The van der Waals surface area contributed by atoms with Gasteiger partial charge in [-0.2, -0.15) is 4.98 Å². The van der Waals surface area contributed by atoms with E-state index in [-0.39, 0.29) is 17.6 Å². The number of benzene rings is 2. The second-order valence-electron chi connectivity index (χ2n) is 10.5. The molecule has 2 heterocycles. The summed E-state index contributed by atoms with van der Waals surface area (Å²) in [6.45, 7) is 6.68. The lowest BCUT2D eigenvalue weighted by Gasteiger charge is -2.26. The Balaban J connectivity index is 1.42. The zero-order chi connectivity index (χ0) is 24.4. The Morgan fingerprint density at radius 3 is 2.46 bits per heavy atom. The summed E-state index contributed by atoms with van der Waals surface area (Å²) in [5.41, 5.74) is 4.54. The first-order chi connectivity index (χ1) is 16.8. The van der Waals surface area contributed by atoms with Crippen LogP contribution in [0.25, 0.3) is 10.2 Å². The molecule has 0 atom stereocenters. The Kier molecular flexibility index (Phi) is 6.71. The third-order valence-electron chi connectivity index (χ3n) is 6.53. The summed E-state index contributed by atoms with van der Waals surface area (Å²) in [7, 11) is 0. The zero-order valence-electron chi connectivity index (χ0n) is 20.6. The molecule has 0 unspecified atom stereocenters. The van der Waals surface area contributed by atoms with Crippen molar-refractivity contribution in [2.75, 3.05) is 10.6 Å². The van der Waals surface area contributed by atoms with Crippen LogP contribution in [0, 0.1) is 0 Å². The van der Waals surface area contributed by atoms with Crippen molar-refractivity contribution in [1.29, 1.82) is 0 Å². The van der Waals surface area contributed by atoms with Crippen LogP contribution in [0.4, 0.5) is 16.9 Å². The van der Waals surface area contributed by atoms with Crippen molar-refractivity contribution in [2.45, 2.75) is 70.4 Å². The summed E-state index contributed by atoms with van der Waals surface area (Å²) in [5, 5.41) is 17.6. The van der Waals surface area contributed by atoms with E-state index in [4.69, 9.17) is 15.0 Å². The standard InChI is InChI=1S/C28H33N5OS/c1-28(2,3)19-9-14-23-24(16-19)35-27(31-23)33-25-17-21(15-18-7-5-4-6-8-18)30-26(32-25)29-20-10-12-22(34)13-11-20/h4-9,14,16-17,20,22,34H,10-13,15H2,1-3H3,(H2,29,30,31,32,33). The Morgan fingerprint density at radius 2 is 1.71 bits per heavy atom. The maximum atomic E-state index is 9.86. The lowest BCUT2D eigenvalue weighted by molar-refractivity contribution is 0.126. The Hall–Kier alpha value is -3.03. The molecule has 0 saturated heterocycles. The summed E-state index contributed by atoms with van der Waals surface area (Å²) in [6, 6.07) is 19.1. The number of aliphatic hydroxyl groups is 1. The molecule has 0 amide bonds. The van der Waals surface area contributed by atoms with Gasteiger partial charge in [0.1, 0.15) is 5.82 Å². The predicted octanol–water partition coefficient (Wildman–Crippen LogP) is 6.43. The van der Waals surface area contributed by atoms with Gasteiger partial charge in [-0.05, 0) is 54.4 Å². The lowest BCUT2D eigenvalue weighted by atomic mass is 9.87. The van der Waals surface area contributed by atoms with Gasteiger partial charge < -0.3 is 15.7 Å². The van der Waals surface area contributed by atoms with Crippen LogP contribution in [0.15, 0.2) is 54.6 Å². The Labute approximate surface area is 210 Å². The van der Waals surface area contributed by atoms with Crippen molar-refractivity contribution >= 4 is 38.5 Å². The van der Waals surface area contributed by atoms with Gasteiger partial charge in [0.2, 0.25) is 5.95 Å². The van der Waals surface area contributed by atoms with Gasteiger partial charge in [0, 0.05) is 18.5 Å². The molecule has 4 aromatic rings. The molecule has 0 spiro atoms. The van der Waals surface area contributed by atoms with Gasteiger partial charge in [-0.25, -0.2) is 9.97 Å². The molecule has 5 rings (SSSR count). The van der Waals surface area contributed by atoms with Crippen LogP contribution in [0.1, 0.15) is 63.3 Å². The molecule has 0 bridgehead atoms. The monoisotopic (exact) mass is 487 g/mol. The van der Waals surface area contributed by atoms with E-state index in [1.54, 1.807) is 11.3 Å². The molecular formula is C28H33N5OS. The fourth-order valence-corrected chi connectivity index (χ4v) is 5.39. The molecule has 2 aromatic carbocycles. The summed E-state index contributed by atoms with van der Waals surface area (Å²) in [5.74, 6) is 1.36. The molecule has 6 nitrogen and oxygen atoms in total. The fraction of sp³-hybridized carbons (Fsp3) is 0.393. The zero-order valence-corrected chi connectivity index (χ0v) is 21.4. The van der Waals surface area contributed by atoms with Gasteiger partial charge in [0.05, 0.1) is 22.0 Å². The van der Waals surface area contributed by atoms with Gasteiger partial charge in [-0.3, -0.25) is 0 Å². The minimum absolute atomic E-state index is 0.0977. The average molecular weight is 488 g/mol. The van der Waals surface area contributed by atoms with Gasteiger partial charge in [-0.15, -0.1) is 0 Å². The molecular weight excluding hydrogens is 454 g/mol. The normalized spacial score (nSPS) is 18.5. The minimum atomic E-state index is -0.187. The van der Waals surface area contributed by atoms with E-state index >= 15 is 0 Å². The van der Waals surface area contributed by atoms with Gasteiger partial charge >= 0.3 is 0 Å². The van der Waals surface area contributed by atoms with Gasteiger partial charge in [-0.1, -0.05) is 68.5 Å². The Morgan fingerprint density at radius 1 is 0.943 bits per heavy atom. The largest absolute Gasteiger partial charge is 0.393 e. The molecule has 0 aliphatic heterocycles. The average Bonchev–Trinajstić information content (AvgIpc) is 3.22. The number of nitrogens with zero attached hydrogens (tertiary/aromatic N) is 3.